The Kier molecular flexibility index (Phi) is 7.20. The van der Waals surface area contributed by atoms with Gasteiger partial charge in [-0.1, -0.05) is 55.3 Å². The lowest BCUT2D eigenvalue weighted by molar-refractivity contribution is -0.168. The average Bonchev–Trinajstić information content (AvgIpc) is 3.40. The number of benzene rings is 1. The summed E-state index contributed by atoms with van der Waals surface area (Å²) < 4.78 is 30.7. The summed E-state index contributed by atoms with van der Waals surface area (Å²) in [6.45, 7) is 9.62. The van der Waals surface area contributed by atoms with Gasteiger partial charge in [0.15, 0.2) is 5.82 Å². The van der Waals surface area contributed by atoms with Gasteiger partial charge in [0.1, 0.15) is 5.60 Å². The van der Waals surface area contributed by atoms with Crippen molar-refractivity contribution in [1.29, 1.82) is 0 Å². The van der Waals surface area contributed by atoms with E-state index in [2.05, 4.69) is 54.5 Å². The first kappa shape index (κ1) is 25.9. The number of halogens is 2. The number of tetrazole rings is 1. The van der Waals surface area contributed by atoms with Gasteiger partial charge in [-0.2, -0.15) is 0 Å². The third-order valence-electron chi connectivity index (χ3n) is 8.90. The number of hydrogen-bond donors (Lipinski definition) is 1. The standard InChI is InChI=1S/C28H40F2N4O/c1-19-8-10-22(11-9-19)25-31-32-33-34(25)18-15-21-7-6-16-27(5)23(12-13-24(21)27)20(2)14-17-28(29,30)26(3,4)35/h8-11,15,20,23-24,35H,6-7,12-14,16-18H2,1-5H3/b21-15+/t20-,23-,24+,27-/m1/s1. The van der Waals surface area contributed by atoms with Crippen LogP contribution < -0.4 is 0 Å². The molecule has 0 aliphatic heterocycles. The van der Waals surface area contributed by atoms with E-state index < -0.39 is 11.5 Å². The molecule has 0 unspecified atom stereocenters. The van der Waals surface area contributed by atoms with Gasteiger partial charge in [0.25, 0.3) is 5.92 Å². The first-order chi connectivity index (χ1) is 16.4. The van der Waals surface area contributed by atoms with E-state index in [4.69, 9.17) is 0 Å². The van der Waals surface area contributed by atoms with Crippen LogP contribution in [0.5, 0.6) is 0 Å². The maximum atomic E-state index is 14.4. The molecule has 1 N–H and O–H groups in total. The summed E-state index contributed by atoms with van der Waals surface area (Å²) in [5, 5.41) is 22.3. The van der Waals surface area contributed by atoms with Crippen LogP contribution in [-0.4, -0.2) is 36.8 Å². The van der Waals surface area contributed by atoms with Crippen LogP contribution in [-0.2, 0) is 6.54 Å². The molecule has 0 spiro atoms. The summed E-state index contributed by atoms with van der Waals surface area (Å²) in [5.74, 6) is -1.20. The monoisotopic (exact) mass is 486 g/mol. The third-order valence-corrected chi connectivity index (χ3v) is 8.90. The topological polar surface area (TPSA) is 63.8 Å². The molecule has 1 aromatic heterocycles. The van der Waals surface area contributed by atoms with Gasteiger partial charge in [-0.15, -0.1) is 5.10 Å². The van der Waals surface area contributed by atoms with E-state index in [1.54, 1.807) is 0 Å². The van der Waals surface area contributed by atoms with Gasteiger partial charge in [0.2, 0.25) is 0 Å². The first-order valence-electron chi connectivity index (χ1n) is 13.0. The highest BCUT2D eigenvalue weighted by Crippen LogP contribution is 2.60. The minimum atomic E-state index is -3.07. The Bertz CT molecular complexity index is 1040. The molecule has 1 aromatic carbocycles. The molecule has 2 aromatic rings. The summed E-state index contributed by atoms with van der Waals surface area (Å²) in [4.78, 5) is 0. The predicted octanol–water partition coefficient (Wildman–Crippen LogP) is 6.61. The van der Waals surface area contributed by atoms with E-state index in [9.17, 15) is 13.9 Å². The van der Waals surface area contributed by atoms with Crippen molar-refractivity contribution in [1.82, 2.24) is 20.2 Å². The number of hydrogen-bond acceptors (Lipinski definition) is 4. The fraction of sp³-hybridized carbons (Fsp3) is 0.679. The third kappa shape index (κ3) is 5.20. The molecule has 2 saturated carbocycles. The first-order valence-corrected chi connectivity index (χ1v) is 13.0. The van der Waals surface area contributed by atoms with Gasteiger partial charge in [-0.25, -0.2) is 13.5 Å². The molecular weight excluding hydrogens is 446 g/mol. The van der Waals surface area contributed by atoms with Gasteiger partial charge >= 0.3 is 0 Å². The van der Waals surface area contributed by atoms with Crippen LogP contribution in [0.4, 0.5) is 8.78 Å². The Morgan fingerprint density at radius 1 is 1.23 bits per heavy atom. The summed E-state index contributed by atoms with van der Waals surface area (Å²) in [5.41, 5.74) is 1.83. The maximum absolute atomic E-state index is 14.4. The second kappa shape index (κ2) is 9.72. The number of aryl methyl sites for hydroxylation is 1. The van der Waals surface area contributed by atoms with Crippen LogP contribution in [0.3, 0.4) is 0 Å². The summed E-state index contributed by atoms with van der Waals surface area (Å²) in [7, 11) is 0. The predicted molar refractivity (Wildman–Crippen MR) is 134 cm³/mol. The van der Waals surface area contributed by atoms with Crippen LogP contribution in [0.15, 0.2) is 35.9 Å². The van der Waals surface area contributed by atoms with Crippen molar-refractivity contribution in [2.45, 2.75) is 97.6 Å². The molecule has 35 heavy (non-hydrogen) atoms. The van der Waals surface area contributed by atoms with Crippen LogP contribution in [0.25, 0.3) is 11.4 Å². The highest BCUT2D eigenvalue weighted by atomic mass is 19.3. The molecule has 5 nitrogen and oxygen atoms in total. The van der Waals surface area contributed by atoms with Crippen molar-refractivity contribution >= 4 is 0 Å². The Morgan fingerprint density at radius 3 is 2.63 bits per heavy atom. The van der Waals surface area contributed by atoms with Crippen molar-refractivity contribution in [3.63, 3.8) is 0 Å². The van der Waals surface area contributed by atoms with E-state index >= 15 is 0 Å². The molecule has 2 aliphatic carbocycles. The summed E-state index contributed by atoms with van der Waals surface area (Å²) >= 11 is 0. The van der Waals surface area contributed by atoms with Crippen molar-refractivity contribution in [3.05, 3.63) is 41.5 Å². The number of alkyl halides is 2. The maximum Gasteiger partial charge on any atom is 0.275 e. The van der Waals surface area contributed by atoms with Crippen LogP contribution in [0, 0.1) is 30.1 Å². The molecular formula is C28H40F2N4O. The van der Waals surface area contributed by atoms with Gasteiger partial charge in [0, 0.05) is 12.0 Å². The van der Waals surface area contributed by atoms with E-state index in [1.165, 1.54) is 25.0 Å². The highest BCUT2D eigenvalue weighted by Gasteiger charge is 2.51. The number of aromatic nitrogens is 4. The lowest BCUT2D eigenvalue weighted by Crippen LogP contribution is -2.43. The highest BCUT2D eigenvalue weighted by molar-refractivity contribution is 5.54. The Hall–Kier alpha value is -2.15. The molecule has 2 fully saturated rings. The fourth-order valence-corrected chi connectivity index (χ4v) is 6.62. The number of allylic oxidation sites excluding steroid dienone is 2. The lowest BCUT2D eigenvalue weighted by atomic mass is 9.60. The van der Waals surface area contributed by atoms with Crippen molar-refractivity contribution < 1.29 is 13.9 Å². The van der Waals surface area contributed by atoms with E-state index in [-0.39, 0.29) is 17.8 Å². The van der Waals surface area contributed by atoms with E-state index in [0.29, 0.717) is 24.8 Å². The second-order valence-electron chi connectivity index (χ2n) is 11.7. The van der Waals surface area contributed by atoms with Gasteiger partial charge in [-0.3, -0.25) is 0 Å². The smallest absolute Gasteiger partial charge is 0.275 e. The van der Waals surface area contributed by atoms with Gasteiger partial charge < -0.3 is 5.11 Å². The second-order valence-corrected chi connectivity index (χ2v) is 11.7. The van der Waals surface area contributed by atoms with E-state index in [0.717, 1.165) is 43.5 Å². The number of aliphatic hydroxyl groups is 1. The van der Waals surface area contributed by atoms with Crippen molar-refractivity contribution in [2.75, 3.05) is 0 Å². The number of nitrogens with zero attached hydrogens (tertiary/aromatic N) is 4. The SMILES string of the molecule is Cc1ccc(-c2nnnn2C/C=C2\CCC[C@]3(C)[C@@H]([C@H](C)CCC(F)(F)C(C)(C)O)CC[C@@H]23)cc1. The molecule has 192 valence electrons. The van der Waals surface area contributed by atoms with Crippen LogP contribution >= 0.6 is 0 Å². The lowest BCUT2D eigenvalue weighted by Gasteiger charge is -2.44. The van der Waals surface area contributed by atoms with Gasteiger partial charge in [-0.05, 0) is 92.9 Å². The zero-order valence-corrected chi connectivity index (χ0v) is 21.8. The average molecular weight is 487 g/mol. The summed E-state index contributed by atoms with van der Waals surface area (Å²) in [6, 6.07) is 8.23. The zero-order valence-electron chi connectivity index (χ0n) is 21.8. The van der Waals surface area contributed by atoms with Crippen molar-refractivity contribution in [2.24, 2.45) is 23.2 Å². The normalized spacial score (nSPS) is 27.3. The molecule has 0 saturated heterocycles. The molecule has 1 heterocycles. The number of fused-ring (bicyclic) bond motifs is 1. The molecule has 0 amide bonds. The minimum Gasteiger partial charge on any atom is -0.384 e. The van der Waals surface area contributed by atoms with Crippen LogP contribution in [0.1, 0.15) is 78.2 Å². The molecule has 0 bridgehead atoms. The Balaban J connectivity index is 1.46. The molecule has 4 rings (SSSR count). The Morgan fingerprint density at radius 2 is 1.94 bits per heavy atom. The largest absolute Gasteiger partial charge is 0.384 e. The molecule has 7 heteroatoms. The molecule has 2 aliphatic rings. The number of rotatable bonds is 8. The van der Waals surface area contributed by atoms with Crippen LogP contribution in [0.2, 0.25) is 0 Å². The quantitative estimate of drug-likeness (QED) is 0.426. The van der Waals surface area contributed by atoms with E-state index in [1.807, 2.05) is 16.8 Å². The van der Waals surface area contributed by atoms with Crippen molar-refractivity contribution in [3.8, 4) is 11.4 Å². The molecule has 0 radical (unpaired) electrons. The minimum absolute atomic E-state index is 0.133. The van der Waals surface area contributed by atoms with Gasteiger partial charge in [0.05, 0.1) is 6.54 Å². The molecule has 4 atom stereocenters. The zero-order chi connectivity index (χ0) is 25.4. The Labute approximate surface area is 208 Å². The summed E-state index contributed by atoms with van der Waals surface area (Å²) in [6.07, 6.45) is 8.03. The fourth-order valence-electron chi connectivity index (χ4n) is 6.62.